The topological polar surface area (TPSA) is 9.72 Å². The van der Waals surface area contributed by atoms with Crippen molar-refractivity contribution in [2.45, 2.75) is 44.4 Å². The lowest BCUT2D eigenvalue weighted by molar-refractivity contribution is 0.363. The summed E-state index contributed by atoms with van der Waals surface area (Å²) >= 11 is 1.80. The van der Waals surface area contributed by atoms with Crippen molar-refractivity contribution in [1.82, 2.24) is 9.80 Å². The van der Waals surface area contributed by atoms with E-state index in [0.717, 1.165) is 50.0 Å². The molecule has 1 aromatic carbocycles. The quantitative estimate of drug-likeness (QED) is 0.317. The van der Waals surface area contributed by atoms with E-state index in [0.29, 0.717) is 0 Å². The van der Waals surface area contributed by atoms with Crippen LogP contribution in [0.4, 0.5) is 5.69 Å². The predicted octanol–water partition coefficient (Wildman–Crippen LogP) is 6.88. The van der Waals surface area contributed by atoms with E-state index in [4.69, 9.17) is 0 Å². The third kappa shape index (κ3) is 4.71. The van der Waals surface area contributed by atoms with Gasteiger partial charge in [0.1, 0.15) is 0 Å². The number of benzene rings is 1. The van der Waals surface area contributed by atoms with Crippen LogP contribution in [0, 0.1) is 5.92 Å². The Balaban J connectivity index is 1.44. The van der Waals surface area contributed by atoms with Crippen molar-refractivity contribution >= 4 is 23.1 Å². The molecule has 0 N–H and O–H groups in total. The Labute approximate surface area is 198 Å². The van der Waals surface area contributed by atoms with Gasteiger partial charge in [-0.15, -0.1) is 11.8 Å². The summed E-state index contributed by atoms with van der Waals surface area (Å²) in [5.41, 5.74) is 8.69. The van der Waals surface area contributed by atoms with Crippen molar-refractivity contribution in [1.29, 1.82) is 0 Å². The second kappa shape index (κ2) is 9.66. The van der Waals surface area contributed by atoms with Crippen molar-refractivity contribution in [2.24, 2.45) is 5.92 Å². The van der Waals surface area contributed by atoms with Crippen molar-refractivity contribution < 1.29 is 0 Å². The Bertz CT molecular complexity index is 982. The molecule has 0 atom stereocenters. The highest BCUT2D eigenvalue weighted by atomic mass is 32.2. The Morgan fingerprint density at radius 3 is 2.50 bits per heavy atom. The molecule has 0 spiro atoms. The molecule has 3 fully saturated rings. The average Bonchev–Trinajstić information content (AvgIpc) is 3.36. The molecule has 0 bridgehead atoms. The van der Waals surface area contributed by atoms with E-state index < -0.39 is 0 Å². The lowest BCUT2D eigenvalue weighted by Crippen LogP contribution is -2.24. The van der Waals surface area contributed by atoms with Gasteiger partial charge in [-0.05, 0) is 81.0 Å². The number of thioether (sulfide) groups is 1. The fraction of sp³-hybridized carbons (Fsp3) is 0.429. The van der Waals surface area contributed by atoms with E-state index in [9.17, 15) is 0 Å². The molecule has 2 heterocycles. The van der Waals surface area contributed by atoms with Gasteiger partial charge in [0, 0.05) is 52.9 Å². The van der Waals surface area contributed by atoms with Crippen molar-refractivity contribution in [3.63, 3.8) is 0 Å². The van der Waals surface area contributed by atoms with Crippen LogP contribution in [0.15, 0.2) is 77.5 Å². The van der Waals surface area contributed by atoms with E-state index in [-0.39, 0.29) is 0 Å². The molecular formula is C28H37N3S. The highest BCUT2D eigenvalue weighted by Crippen LogP contribution is 2.39. The normalized spacial score (nSPS) is 19.8. The minimum atomic E-state index is 0.767. The van der Waals surface area contributed by atoms with E-state index >= 15 is 0 Å². The van der Waals surface area contributed by atoms with Crippen LogP contribution in [0.3, 0.4) is 0 Å². The molecule has 3 aliphatic rings. The molecule has 1 saturated carbocycles. The monoisotopic (exact) mass is 447 g/mol. The summed E-state index contributed by atoms with van der Waals surface area (Å²) in [7, 11) is 0. The number of rotatable bonds is 8. The number of nitrogens with zero attached hydrogens (tertiary/aromatic N) is 3. The zero-order valence-electron chi connectivity index (χ0n) is 20.0. The lowest BCUT2D eigenvalue weighted by atomic mass is 10.1. The molecule has 0 aromatic heterocycles. The number of hydrogen-bond acceptors (Lipinski definition) is 4. The van der Waals surface area contributed by atoms with Gasteiger partial charge in [-0.25, -0.2) is 0 Å². The van der Waals surface area contributed by atoms with Crippen LogP contribution in [0.25, 0.3) is 5.70 Å². The van der Waals surface area contributed by atoms with Crippen LogP contribution in [0.1, 0.15) is 45.1 Å². The van der Waals surface area contributed by atoms with Crippen LogP contribution >= 0.6 is 11.8 Å². The van der Waals surface area contributed by atoms with Crippen LogP contribution in [0.5, 0.6) is 0 Å². The summed E-state index contributed by atoms with van der Waals surface area (Å²) in [5, 5.41) is 0. The first-order chi connectivity index (χ1) is 15.4. The first-order valence-electron chi connectivity index (χ1n) is 11.8. The minimum Gasteiger partial charge on any atom is -0.352 e. The molecule has 170 valence electrons. The van der Waals surface area contributed by atoms with Gasteiger partial charge in [-0.1, -0.05) is 31.9 Å². The fourth-order valence-corrected chi connectivity index (χ4v) is 5.41. The van der Waals surface area contributed by atoms with Crippen molar-refractivity contribution in [3.05, 3.63) is 78.2 Å². The number of anilines is 1. The van der Waals surface area contributed by atoms with E-state index in [1.807, 2.05) is 0 Å². The summed E-state index contributed by atoms with van der Waals surface area (Å²) < 4.78 is 0. The maximum Gasteiger partial charge on any atom is 0.0904 e. The second-order valence-corrected chi connectivity index (χ2v) is 10.0. The minimum absolute atomic E-state index is 0.767. The Morgan fingerprint density at radius 1 is 1.12 bits per heavy atom. The standard InChI is InChI=1S/C28H37N3S/c1-7-24(25-10-11-25)17-20(2)22(4)29-15-16-30(19-29)23(5)27-13-12-26(18-28(27)32-6)31-14-8-9-21(31)3/h7,12-13,17-18,25H,3-5,8-11,14-16,19H2,1-2,6H3/b20-17-,24-7+. The summed E-state index contributed by atoms with van der Waals surface area (Å²) in [6.07, 6.45) is 11.7. The van der Waals surface area contributed by atoms with Crippen molar-refractivity contribution in [3.8, 4) is 0 Å². The van der Waals surface area contributed by atoms with Gasteiger partial charge >= 0.3 is 0 Å². The van der Waals surface area contributed by atoms with Gasteiger partial charge in [0.05, 0.1) is 6.67 Å². The zero-order chi connectivity index (χ0) is 22.8. The van der Waals surface area contributed by atoms with E-state index in [2.05, 4.69) is 84.9 Å². The number of hydrogen-bond donors (Lipinski definition) is 0. The van der Waals surface area contributed by atoms with Gasteiger partial charge in [-0.2, -0.15) is 0 Å². The Kier molecular flexibility index (Phi) is 6.90. The van der Waals surface area contributed by atoms with Gasteiger partial charge < -0.3 is 14.7 Å². The van der Waals surface area contributed by atoms with Crippen LogP contribution < -0.4 is 4.90 Å². The highest BCUT2D eigenvalue weighted by Gasteiger charge is 2.27. The molecule has 1 aliphatic carbocycles. The van der Waals surface area contributed by atoms with E-state index in [1.54, 1.807) is 11.8 Å². The predicted molar refractivity (Wildman–Crippen MR) is 141 cm³/mol. The van der Waals surface area contributed by atoms with Gasteiger partial charge in [-0.3, -0.25) is 0 Å². The fourth-order valence-electron chi connectivity index (χ4n) is 4.77. The Hall–Kier alpha value is -2.33. The largest absolute Gasteiger partial charge is 0.352 e. The molecular weight excluding hydrogens is 410 g/mol. The molecule has 32 heavy (non-hydrogen) atoms. The van der Waals surface area contributed by atoms with Crippen LogP contribution in [-0.4, -0.2) is 42.4 Å². The third-order valence-corrected chi connectivity index (χ3v) is 7.78. The number of allylic oxidation sites excluding steroid dienone is 5. The molecule has 2 aliphatic heterocycles. The molecule has 1 aromatic rings. The molecule has 0 unspecified atom stereocenters. The molecule has 4 heteroatoms. The first-order valence-corrected chi connectivity index (χ1v) is 13.0. The van der Waals surface area contributed by atoms with Gasteiger partial charge in [0.15, 0.2) is 0 Å². The Morgan fingerprint density at radius 2 is 1.88 bits per heavy atom. The second-order valence-electron chi connectivity index (χ2n) is 9.16. The molecule has 2 saturated heterocycles. The molecule has 0 radical (unpaired) electrons. The zero-order valence-corrected chi connectivity index (χ0v) is 20.8. The lowest BCUT2D eigenvalue weighted by Gasteiger charge is -2.26. The van der Waals surface area contributed by atoms with Crippen LogP contribution in [0.2, 0.25) is 0 Å². The highest BCUT2D eigenvalue weighted by molar-refractivity contribution is 7.98. The molecule has 3 nitrogen and oxygen atoms in total. The first kappa shape index (κ1) is 22.8. The maximum absolute atomic E-state index is 4.49. The summed E-state index contributed by atoms with van der Waals surface area (Å²) in [4.78, 5) is 8.41. The SMILES string of the molecule is C=C(/C(C)=C\C(=C/C)C1CC1)N1CCN(C(=C)c2ccc(N3CCCC3=C)cc2SC)C1. The van der Waals surface area contributed by atoms with Crippen molar-refractivity contribution in [2.75, 3.05) is 37.5 Å². The summed E-state index contributed by atoms with van der Waals surface area (Å²) in [6, 6.07) is 6.77. The molecule has 4 rings (SSSR count). The maximum atomic E-state index is 4.49. The molecule has 0 amide bonds. The smallest absolute Gasteiger partial charge is 0.0904 e. The average molecular weight is 448 g/mol. The van der Waals surface area contributed by atoms with E-state index in [1.165, 1.54) is 52.3 Å². The van der Waals surface area contributed by atoms with Crippen LogP contribution in [-0.2, 0) is 0 Å². The summed E-state index contributed by atoms with van der Waals surface area (Å²) in [6.45, 7) is 21.4. The third-order valence-electron chi connectivity index (χ3n) is 7.00. The van der Waals surface area contributed by atoms with Gasteiger partial charge in [0.25, 0.3) is 0 Å². The van der Waals surface area contributed by atoms with Gasteiger partial charge in [0.2, 0.25) is 0 Å². The summed E-state index contributed by atoms with van der Waals surface area (Å²) in [5.74, 6) is 0.767.